The zero-order chi connectivity index (χ0) is 20.0. The lowest BCUT2D eigenvalue weighted by Gasteiger charge is -2.13. The minimum absolute atomic E-state index is 0. The van der Waals surface area contributed by atoms with Gasteiger partial charge in [-0.3, -0.25) is 19.3 Å². The zero-order valence-corrected chi connectivity index (χ0v) is 17.5. The van der Waals surface area contributed by atoms with E-state index in [0.717, 1.165) is 11.3 Å². The normalized spacial score (nSPS) is 10.3. The smallest absolute Gasteiger partial charge is 0.317 e. The molecule has 0 aliphatic rings. The van der Waals surface area contributed by atoms with Crippen molar-refractivity contribution in [1.29, 1.82) is 0 Å². The van der Waals surface area contributed by atoms with E-state index in [1.54, 1.807) is 44.5 Å². The second kappa shape index (κ2) is 10.8. The van der Waals surface area contributed by atoms with Crippen LogP contribution in [-0.2, 0) is 16.0 Å². The summed E-state index contributed by atoms with van der Waals surface area (Å²) in [5.41, 5.74) is 0.922. The number of aryl methyl sites for hydroxylation is 1. The number of methoxy groups -OCH3 is 1. The monoisotopic (exact) mass is 426 g/mol. The standard InChI is InChI=1S/C19H22N2O5S.ClH/c1-4-14-9-15(18(25)12-5-7-13(26-3)8-6-12)19(27-14)20-16(22)10-21(2)11-17(23)24;/h5-9H,4,10-11H2,1-3H3,(H,20,22)(H,23,24);1H. The molecule has 0 aliphatic heterocycles. The highest BCUT2D eigenvalue weighted by atomic mass is 35.5. The molecule has 1 aromatic carbocycles. The highest BCUT2D eigenvalue weighted by Gasteiger charge is 2.20. The van der Waals surface area contributed by atoms with E-state index in [9.17, 15) is 14.4 Å². The molecule has 2 N–H and O–H groups in total. The SMILES string of the molecule is CCc1cc(C(=O)c2ccc(OC)cc2)c(NC(=O)CN(C)CC(=O)O)s1.Cl. The molecule has 0 fully saturated rings. The number of ketones is 1. The summed E-state index contributed by atoms with van der Waals surface area (Å²) in [5.74, 6) is -0.916. The number of carboxylic acids is 1. The molecule has 0 unspecified atom stereocenters. The topological polar surface area (TPSA) is 95.9 Å². The van der Waals surface area contributed by atoms with Crippen LogP contribution in [0.2, 0.25) is 0 Å². The van der Waals surface area contributed by atoms with Gasteiger partial charge in [0.15, 0.2) is 5.78 Å². The maximum Gasteiger partial charge on any atom is 0.317 e. The van der Waals surface area contributed by atoms with Crippen LogP contribution < -0.4 is 10.1 Å². The summed E-state index contributed by atoms with van der Waals surface area (Å²) >= 11 is 1.35. The molecule has 1 aromatic heterocycles. The van der Waals surface area contributed by atoms with Crippen molar-refractivity contribution in [1.82, 2.24) is 4.90 Å². The van der Waals surface area contributed by atoms with Crippen LogP contribution >= 0.6 is 23.7 Å². The van der Waals surface area contributed by atoms with E-state index in [0.29, 0.717) is 21.9 Å². The molecule has 0 radical (unpaired) electrons. The van der Waals surface area contributed by atoms with E-state index in [-0.39, 0.29) is 37.2 Å². The van der Waals surface area contributed by atoms with E-state index in [1.807, 2.05) is 6.92 Å². The summed E-state index contributed by atoms with van der Waals surface area (Å²) in [5, 5.41) is 12.0. The average molecular weight is 427 g/mol. The molecule has 1 amide bonds. The first-order chi connectivity index (χ1) is 12.8. The number of nitrogens with one attached hydrogen (secondary N) is 1. The number of likely N-dealkylation sites (N-methyl/N-ethyl adjacent to an activating group) is 1. The Hall–Kier alpha value is -2.42. The lowest BCUT2D eigenvalue weighted by Crippen LogP contribution is -2.33. The summed E-state index contributed by atoms with van der Waals surface area (Å²) in [4.78, 5) is 38.2. The van der Waals surface area contributed by atoms with Crippen molar-refractivity contribution in [2.45, 2.75) is 13.3 Å². The molecule has 0 saturated carbocycles. The number of carbonyl (C=O) groups excluding carboxylic acids is 2. The molecule has 152 valence electrons. The van der Waals surface area contributed by atoms with Gasteiger partial charge in [0, 0.05) is 10.4 Å². The van der Waals surface area contributed by atoms with Gasteiger partial charge in [-0.2, -0.15) is 0 Å². The molecule has 28 heavy (non-hydrogen) atoms. The number of carbonyl (C=O) groups is 3. The second-order valence-electron chi connectivity index (χ2n) is 5.98. The molecule has 1 heterocycles. The fourth-order valence-corrected chi connectivity index (χ4v) is 3.48. The predicted molar refractivity (Wildman–Crippen MR) is 111 cm³/mol. The highest BCUT2D eigenvalue weighted by Crippen LogP contribution is 2.31. The van der Waals surface area contributed by atoms with E-state index in [2.05, 4.69) is 5.32 Å². The van der Waals surface area contributed by atoms with E-state index in [4.69, 9.17) is 9.84 Å². The van der Waals surface area contributed by atoms with Crippen LogP contribution in [0.4, 0.5) is 5.00 Å². The van der Waals surface area contributed by atoms with Crippen molar-refractivity contribution < 1.29 is 24.2 Å². The molecule has 2 rings (SSSR count). The van der Waals surface area contributed by atoms with Crippen molar-refractivity contribution in [2.24, 2.45) is 0 Å². The van der Waals surface area contributed by atoms with Gasteiger partial charge in [0.05, 0.1) is 25.8 Å². The number of hydrogen-bond acceptors (Lipinski definition) is 6. The van der Waals surface area contributed by atoms with Gasteiger partial charge >= 0.3 is 5.97 Å². The first-order valence-corrected chi connectivity index (χ1v) is 9.17. The first-order valence-electron chi connectivity index (χ1n) is 8.35. The molecular formula is C19H23ClN2O5S. The third-order valence-corrected chi connectivity index (χ3v) is 4.99. The first kappa shape index (κ1) is 23.6. The summed E-state index contributed by atoms with van der Waals surface area (Å²) in [6.07, 6.45) is 0.738. The number of carboxylic acid groups (broad SMARTS) is 1. The van der Waals surface area contributed by atoms with Crippen molar-refractivity contribution in [3.05, 3.63) is 46.3 Å². The number of aliphatic carboxylic acids is 1. The van der Waals surface area contributed by atoms with Gasteiger partial charge < -0.3 is 15.2 Å². The Morgan fingerprint density at radius 1 is 1.18 bits per heavy atom. The zero-order valence-electron chi connectivity index (χ0n) is 15.9. The van der Waals surface area contributed by atoms with Crippen LogP contribution in [0.15, 0.2) is 30.3 Å². The summed E-state index contributed by atoms with van der Waals surface area (Å²) in [7, 11) is 3.10. The number of amides is 1. The number of rotatable bonds is 9. The number of anilines is 1. The molecule has 0 spiro atoms. The Bertz CT molecular complexity index is 835. The predicted octanol–water partition coefficient (Wildman–Crippen LogP) is 2.93. The van der Waals surface area contributed by atoms with Gasteiger partial charge in [-0.05, 0) is 43.8 Å². The fraction of sp³-hybridized carbons (Fsp3) is 0.316. The van der Waals surface area contributed by atoms with Crippen LogP contribution in [0, 0.1) is 0 Å². The number of halogens is 1. The van der Waals surface area contributed by atoms with Crippen LogP contribution in [0.25, 0.3) is 0 Å². The Morgan fingerprint density at radius 3 is 2.36 bits per heavy atom. The van der Waals surface area contributed by atoms with Gasteiger partial charge in [-0.15, -0.1) is 23.7 Å². The summed E-state index contributed by atoms with van der Waals surface area (Å²) in [6, 6.07) is 8.56. The maximum atomic E-state index is 12.9. The van der Waals surface area contributed by atoms with E-state index in [1.165, 1.54) is 16.2 Å². The van der Waals surface area contributed by atoms with E-state index >= 15 is 0 Å². The quantitative estimate of drug-likeness (QED) is 0.598. The van der Waals surface area contributed by atoms with Crippen LogP contribution in [0.3, 0.4) is 0 Å². The number of ether oxygens (including phenoxy) is 1. The fourth-order valence-electron chi connectivity index (χ4n) is 2.47. The van der Waals surface area contributed by atoms with Crippen LogP contribution in [0.1, 0.15) is 27.7 Å². The highest BCUT2D eigenvalue weighted by molar-refractivity contribution is 7.16. The van der Waals surface area contributed by atoms with Crippen molar-refractivity contribution in [3.63, 3.8) is 0 Å². The second-order valence-corrected chi connectivity index (χ2v) is 7.12. The molecule has 9 heteroatoms. The summed E-state index contributed by atoms with van der Waals surface area (Å²) < 4.78 is 5.10. The van der Waals surface area contributed by atoms with Gasteiger partial charge in [-0.1, -0.05) is 6.92 Å². The maximum absolute atomic E-state index is 12.9. The van der Waals surface area contributed by atoms with Gasteiger partial charge in [0.1, 0.15) is 10.8 Å². The number of benzene rings is 1. The molecular weight excluding hydrogens is 404 g/mol. The summed E-state index contributed by atoms with van der Waals surface area (Å²) in [6.45, 7) is 1.65. The van der Waals surface area contributed by atoms with Crippen molar-refractivity contribution >= 4 is 46.4 Å². The number of thiophene rings is 1. The Morgan fingerprint density at radius 2 is 1.82 bits per heavy atom. The number of nitrogens with zero attached hydrogens (tertiary/aromatic N) is 1. The van der Waals surface area contributed by atoms with Crippen LogP contribution in [0.5, 0.6) is 5.75 Å². The van der Waals surface area contributed by atoms with Gasteiger partial charge in [0.25, 0.3) is 0 Å². The minimum Gasteiger partial charge on any atom is -0.497 e. The third kappa shape index (κ3) is 6.33. The van der Waals surface area contributed by atoms with Crippen LogP contribution in [-0.4, -0.2) is 54.9 Å². The molecule has 0 atom stereocenters. The Labute approximate surface area is 173 Å². The molecule has 2 aromatic rings. The molecule has 0 saturated heterocycles. The molecule has 0 aliphatic carbocycles. The Balaban J connectivity index is 0.00000392. The van der Waals surface area contributed by atoms with E-state index < -0.39 is 5.97 Å². The van der Waals surface area contributed by atoms with Crippen molar-refractivity contribution in [3.8, 4) is 5.75 Å². The largest absolute Gasteiger partial charge is 0.497 e. The molecule has 7 nitrogen and oxygen atoms in total. The Kier molecular flexibility index (Phi) is 9.11. The lowest BCUT2D eigenvalue weighted by atomic mass is 10.0. The minimum atomic E-state index is -1.01. The number of hydrogen-bond donors (Lipinski definition) is 2. The van der Waals surface area contributed by atoms with Crippen molar-refractivity contribution in [2.75, 3.05) is 32.6 Å². The van der Waals surface area contributed by atoms with Gasteiger partial charge in [-0.25, -0.2) is 0 Å². The van der Waals surface area contributed by atoms with Gasteiger partial charge in [0.2, 0.25) is 5.91 Å². The lowest BCUT2D eigenvalue weighted by molar-refractivity contribution is -0.138. The third-order valence-electron chi connectivity index (χ3n) is 3.80. The molecule has 0 bridgehead atoms. The average Bonchev–Trinajstić information content (AvgIpc) is 3.03.